The van der Waals surface area contributed by atoms with E-state index in [9.17, 15) is 18.5 Å². The Morgan fingerprint density at radius 1 is 1.47 bits per heavy atom. The van der Waals surface area contributed by atoms with Crippen LogP contribution in [0.4, 0.5) is 5.69 Å². The number of nitrogens with one attached hydrogen (secondary N) is 1. The van der Waals surface area contributed by atoms with Gasteiger partial charge in [0.15, 0.2) is 0 Å². The lowest BCUT2D eigenvalue weighted by Crippen LogP contribution is -2.29. The van der Waals surface area contributed by atoms with E-state index in [2.05, 4.69) is 4.72 Å². The van der Waals surface area contributed by atoms with E-state index >= 15 is 0 Å². The van der Waals surface area contributed by atoms with E-state index in [1.54, 1.807) is 0 Å². The van der Waals surface area contributed by atoms with Crippen LogP contribution >= 0.6 is 11.6 Å². The Hall–Kier alpha value is -1.22. The number of rotatable bonds is 5. The first-order chi connectivity index (χ1) is 7.88. The highest BCUT2D eigenvalue weighted by Crippen LogP contribution is 2.25. The van der Waals surface area contributed by atoms with E-state index in [-0.39, 0.29) is 28.7 Å². The summed E-state index contributed by atoms with van der Waals surface area (Å²) in [6.07, 6.45) is 0. The number of sulfonamides is 1. The van der Waals surface area contributed by atoms with E-state index in [1.807, 2.05) is 0 Å². The van der Waals surface area contributed by atoms with Gasteiger partial charge in [0.1, 0.15) is 4.90 Å². The first-order valence-corrected chi connectivity index (χ1v) is 6.38. The molecule has 0 aromatic heterocycles. The number of benzene rings is 1. The van der Waals surface area contributed by atoms with E-state index in [4.69, 9.17) is 17.3 Å². The van der Waals surface area contributed by atoms with Crippen molar-refractivity contribution in [3.63, 3.8) is 0 Å². The second-order valence-electron chi connectivity index (χ2n) is 3.06. The Kier molecular flexibility index (Phi) is 4.40. The predicted octanol–water partition coefficient (Wildman–Crippen LogP) is 0.485. The molecule has 0 spiro atoms. The van der Waals surface area contributed by atoms with Crippen molar-refractivity contribution in [2.24, 2.45) is 5.73 Å². The molecule has 0 radical (unpaired) electrons. The maximum Gasteiger partial charge on any atom is 0.271 e. The van der Waals surface area contributed by atoms with Gasteiger partial charge in [0.2, 0.25) is 10.0 Å². The Morgan fingerprint density at radius 3 is 2.59 bits per heavy atom. The van der Waals surface area contributed by atoms with Crippen molar-refractivity contribution < 1.29 is 13.3 Å². The molecular formula is C8H10ClN3O4S. The number of hydrogen-bond donors (Lipinski definition) is 2. The van der Waals surface area contributed by atoms with Crippen LogP contribution in [0.3, 0.4) is 0 Å². The summed E-state index contributed by atoms with van der Waals surface area (Å²) in [7, 11) is -3.78. The fourth-order valence-corrected chi connectivity index (χ4v) is 2.68. The van der Waals surface area contributed by atoms with E-state index < -0.39 is 14.9 Å². The zero-order valence-electron chi connectivity index (χ0n) is 8.59. The van der Waals surface area contributed by atoms with E-state index in [0.717, 1.165) is 18.2 Å². The predicted molar refractivity (Wildman–Crippen MR) is 62.3 cm³/mol. The van der Waals surface area contributed by atoms with Gasteiger partial charge in [-0.3, -0.25) is 10.1 Å². The molecule has 0 atom stereocenters. The van der Waals surface area contributed by atoms with Crippen molar-refractivity contribution in [1.82, 2.24) is 4.72 Å². The number of nitro benzene ring substituents is 1. The number of nitro groups is 1. The molecule has 94 valence electrons. The largest absolute Gasteiger partial charge is 0.329 e. The molecule has 7 nitrogen and oxygen atoms in total. The van der Waals surface area contributed by atoms with Crippen molar-refractivity contribution in [3.8, 4) is 0 Å². The summed E-state index contributed by atoms with van der Waals surface area (Å²) in [4.78, 5) is 9.58. The molecule has 0 heterocycles. The van der Waals surface area contributed by atoms with E-state index in [1.165, 1.54) is 0 Å². The molecule has 0 fully saturated rings. The third-order valence-electron chi connectivity index (χ3n) is 1.85. The van der Waals surface area contributed by atoms with Crippen molar-refractivity contribution in [3.05, 3.63) is 33.3 Å². The van der Waals surface area contributed by atoms with Gasteiger partial charge in [-0.15, -0.1) is 0 Å². The third-order valence-corrected chi connectivity index (χ3v) is 3.80. The first-order valence-electron chi connectivity index (χ1n) is 4.52. The van der Waals surface area contributed by atoms with Crippen LogP contribution in [0.2, 0.25) is 5.02 Å². The monoisotopic (exact) mass is 279 g/mol. The fourth-order valence-electron chi connectivity index (χ4n) is 1.09. The van der Waals surface area contributed by atoms with E-state index in [0.29, 0.717) is 0 Å². The Balaban J connectivity index is 3.12. The Bertz CT molecular complexity index is 532. The third kappa shape index (κ3) is 3.37. The van der Waals surface area contributed by atoms with Crippen LogP contribution in [0, 0.1) is 10.1 Å². The zero-order chi connectivity index (χ0) is 13.1. The standard InChI is InChI=1S/C8H10ClN3O4S/c9-7-5-6(12(13)14)1-2-8(7)17(15,16)11-4-3-10/h1-2,5,11H,3-4,10H2. The topological polar surface area (TPSA) is 115 Å². The molecule has 9 heteroatoms. The Labute approximate surface area is 103 Å². The van der Waals surface area contributed by atoms with Gasteiger partial charge in [-0.05, 0) is 6.07 Å². The number of hydrogen-bond acceptors (Lipinski definition) is 5. The van der Waals surface area contributed by atoms with Crippen molar-refractivity contribution in [2.75, 3.05) is 13.1 Å². The van der Waals surface area contributed by atoms with Crippen LogP contribution in [-0.2, 0) is 10.0 Å². The second-order valence-corrected chi connectivity index (χ2v) is 5.20. The summed E-state index contributed by atoms with van der Waals surface area (Å²) < 4.78 is 25.6. The van der Waals surface area contributed by atoms with Crippen LogP contribution in [-0.4, -0.2) is 26.4 Å². The molecule has 0 amide bonds. The maximum atomic E-state index is 11.7. The van der Waals surface area contributed by atoms with Crippen LogP contribution in [0.5, 0.6) is 0 Å². The average Bonchev–Trinajstić information content (AvgIpc) is 2.25. The van der Waals surface area contributed by atoms with Gasteiger partial charge < -0.3 is 5.73 Å². The number of nitrogens with zero attached hydrogens (tertiary/aromatic N) is 1. The lowest BCUT2D eigenvalue weighted by atomic mass is 10.3. The molecule has 3 N–H and O–H groups in total. The van der Waals surface area contributed by atoms with Gasteiger partial charge in [0.25, 0.3) is 5.69 Å². The molecule has 0 bridgehead atoms. The highest BCUT2D eigenvalue weighted by Gasteiger charge is 2.19. The van der Waals surface area contributed by atoms with Crippen LogP contribution < -0.4 is 10.5 Å². The molecule has 0 saturated heterocycles. The molecule has 1 aromatic rings. The first kappa shape index (κ1) is 13.8. The van der Waals surface area contributed by atoms with Crippen molar-refractivity contribution in [2.45, 2.75) is 4.90 Å². The van der Waals surface area contributed by atoms with Gasteiger partial charge >= 0.3 is 0 Å². The molecule has 0 saturated carbocycles. The minimum Gasteiger partial charge on any atom is -0.329 e. The summed E-state index contributed by atoms with van der Waals surface area (Å²) in [5, 5.41) is 10.2. The molecule has 1 rings (SSSR count). The minimum absolute atomic E-state index is 0.0651. The number of non-ortho nitro benzene ring substituents is 1. The van der Waals surface area contributed by atoms with Gasteiger partial charge in [-0.2, -0.15) is 0 Å². The normalized spacial score (nSPS) is 11.4. The second kappa shape index (κ2) is 5.41. The van der Waals surface area contributed by atoms with Crippen LogP contribution in [0.15, 0.2) is 23.1 Å². The molecule has 0 unspecified atom stereocenters. The molecule has 0 aliphatic heterocycles. The van der Waals surface area contributed by atoms with Gasteiger partial charge in [0.05, 0.1) is 9.95 Å². The van der Waals surface area contributed by atoms with Crippen molar-refractivity contribution in [1.29, 1.82) is 0 Å². The SMILES string of the molecule is NCCNS(=O)(=O)c1ccc([N+](=O)[O-])cc1Cl. The highest BCUT2D eigenvalue weighted by atomic mass is 35.5. The highest BCUT2D eigenvalue weighted by molar-refractivity contribution is 7.89. The van der Waals surface area contributed by atoms with Crippen LogP contribution in [0.25, 0.3) is 0 Å². The summed E-state index contributed by atoms with van der Waals surface area (Å²) >= 11 is 5.68. The van der Waals surface area contributed by atoms with Gasteiger partial charge in [-0.25, -0.2) is 13.1 Å². The van der Waals surface area contributed by atoms with Crippen LogP contribution in [0.1, 0.15) is 0 Å². The minimum atomic E-state index is -3.78. The quantitative estimate of drug-likeness (QED) is 0.601. The summed E-state index contributed by atoms with van der Waals surface area (Å²) in [5.74, 6) is 0. The fraction of sp³-hybridized carbons (Fsp3) is 0.250. The molecule has 17 heavy (non-hydrogen) atoms. The zero-order valence-corrected chi connectivity index (χ0v) is 10.2. The summed E-state index contributed by atoms with van der Waals surface area (Å²) in [6.45, 7) is 0.208. The van der Waals surface area contributed by atoms with Gasteiger partial charge in [-0.1, -0.05) is 11.6 Å². The average molecular weight is 280 g/mol. The summed E-state index contributed by atoms with van der Waals surface area (Å²) in [6, 6.07) is 3.14. The number of halogens is 1. The Morgan fingerprint density at radius 2 is 2.12 bits per heavy atom. The molecule has 1 aromatic carbocycles. The number of nitrogens with two attached hydrogens (primary N) is 1. The smallest absolute Gasteiger partial charge is 0.271 e. The molecule has 0 aliphatic carbocycles. The maximum absolute atomic E-state index is 11.7. The molecular weight excluding hydrogens is 270 g/mol. The van der Waals surface area contributed by atoms with Crippen molar-refractivity contribution >= 4 is 27.3 Å². The lowest BCUT2D eigenvalue weighted by molar-refractivity contribution is -0.384. The lowest BCUT2D eigenvalue weighted by Gasteiger charge is -2.06. The molecule has 0 aliphatic rings. The van der Waals surface area contributed by atoms with Gasteiger partial charge in [0, 0.05) is 25.2 Å². The summed E-state index contributed by atoms with van der Waals surface area (Å²) in [5.41, 5.74) is 4.90.